The Morgan fingerprint density at radius 1 is 1.37 bits per heavy atom. The summed E-state index contributed by atoms with van der Waals surface area (Å²) in [5.74, 6) is 0.184. The van der Waals surface area contributed by atoms with Gasteiger partial charge in [-0.3, -0.25) is 9.59 Å². The maximum Gasteiger partial charge on any atom is 0.253 e. The van der Waals surface area contributed by atoms with Crippen molar-refractivity contribution in [1.82, 2.24) is 9.80 Å². The lowest BCUT2D eigenvalue weighted by atomic mass is 10.2. The maximum absolute atomic E-state index is 12.1. The second kappa shape index (κ2) is 6.19. The number of halogens is 1. The average molecular weight is 325 g/mol. The van der Waals surface area contributed by atoms with E-state index in [4.69, 9.17) is 0 Å². The Morgan fingerprint density at radius 2 is 2.05 bits per heavy atom. The van der Waals surface area contributed by atoms with Crippen LogP contribution in [0.15, 0.2) is 28.7 Å². The molecular weight excluding hydrogens is 308 g/mol. The van der Waals surface area contributed by atoms with Crippen molar-refractivity contribution in [3.8, 4) is 0 Å². The van der Waals surface area contributed by atoms with E-state index in [1.807, 2.05) is 17.0 Å². The third-order valence-corrected chi connectivity index (χ3v) is 3.84. The molecule has 102 valence electrons. The number of hydrogen-bond acceptors (Lipinski definition) is 2. The van der Waals surface area contributed by atoms with Gasteiger partial charge in [-0.05, 0) is 30.7 Å². The number of nitrogens with zero attached hydrogens (tertiary/aromatic N) is 2. The molecule has 0 bridgehead atoms. The number of hydrogen-bond donors (Lipinski definition) is 0. The zero-order valence-electron chi connectivity index (χ0n) is 10.9. The van der Waals surface area contributed by atoms with E-state index in [1.54, 1.807) is 24.1 Å². The second-order valence-corrected chi connectivity index (χ2v) is 5.63. The van der Waals surface area contributed by atoms with Crippen molar-refractivity contribution in [3.63, 3.8) is 0 Å². The van der Waals surface area contributed by atoms with Crippen molar-refractivity contribution in [3.05, 3.63) is 34.3 Å². The summed E-state index contributed by atoms with van der Waals surface area (Å²) in [6.45, 7) is 2.01. The first-order valence-corrected chi connectivity index (χ1v) is 7.16. The van der Waals surface area contributed by atoms with Gasteiger partial charge in [0.05, 0.1) is 0 Å². The van der Waals surface area contributed by atoms with Gasteiger partial charge in [-0.1, -0.05) is 15.9 Å². The smallest absolute Gasteiger partial charge is 0.253 e. The molecule has 1 aromatic rings. The van der Waals surface area contributed by atoms with E-state index in [0.29, 0.717) is 25.1 Å². The van der Waals surface area contributed by atoms with Gasteiger partial charge in [0.25, 0.3) is 5.91 Å². The summed E-state index contributed by atoms with van der Waals surface area (Å²) in [6, 6.07) is 7.30. The molecule has 0 unspecified atom stereocenters. The highest BCUT2D eigenvalue weighted by Gasteiger charge is 2.21. The van der Waals surface area contributed by atoms with Crippen LogP contribution in [-0.4, -0.2) is 48.3 Å². The molecule has 4 nitrogen and oxygen atoms in total. The molecule has 1 fully saturated rings. The van der Waals surface area contributed by atoms with E-state index >= 15 is 0 Å². The molecule has 19 heavy (non-hydrogen) atoms. The fourth-order valence-electron chi connectivity index (χ4n) is 2.13. The van der Waals surface area contributed by atoms with E-state index in [9.17, 15) is 9.59 Å². The summed E-state index contributed by atoms with van der Waals surface area (Å²) in [7, 11) is 1.77. The first kappa shape index (κ1) is 14.1. The molecule has 0 aromatic heterocycles. The highest BCUT2D eigenvalue weighted by Crippen LogP contribution is 2.12. The van der Waals surface area contributed by atoms with Gasteiger partial charge in [-0.25, -0.2) is 0 Å². The Balaban J connectivity index is 1.88. The second-order valence-electron chi connectivity index (χ2n) is 4.72. The van der Waals surface area contributed by atoms with Gasteiger partial charge in [0.2, 0.25) is 5.91 Å². The van der Waals surface area contributed by atoms with E-state index < -0.39 is 0 Å². The summed E-state index contributed by atoms with van der Waals surface area (Å²) < 4.78 is 0.953. The highest BCUT2D eigenvalue weighted by atomic mass is 79.9. The van der Waals surface area contributed by atoms with Gasteiger partial charge >= 0.3 is 0 Å². The van der Waals surface area contributed by atoms with Crippen LogP contribution in [0.2, 0.25) is 0 Å². The lowest BCUT2D eigenvalue weighted by Gasteiger charge is -2.22. The minimum Gasteiger partial charge on any atom is -0.341 e. The number of likely N-dealkylation sites (N-methyl/N-ethyl adjacent to an activating group) is 1. The van der Waals surface area contributed by atoms with Crippen molar-refractivity contribution >= 4 is 27.7 Å². The zero-order valence-corrected chi connectivity index (χ0v) is 12.5. The number of likely N-dealkylation sites (tertiary alicyclic amines) is 1. The normalized spacial score (nSPS) is 14.8. The minimum absolute atomic E-state index is 0.0147. The molecular formula is C14H17BrN2O2. The molecule has 2 rings (SSSR count). The Bertz CT molecular complexity index is 473. The molecule has 0 radical (unpaired) electrons. The Labute approximate surface area is 121 Å². The van der Waals surface area contributed by atoms with Gasteiger partial charge in [-0.15, -0.1) is 0 Å². The van der Waals surface area contributed by atoms with Crippen LogP contribution in [0.4, 0.5) is 0 Å². The van der Waals surface area contributed by atoms with Gasteiger partial charge in [-0.2, -0.15) is 0 Å². The van der Waals surface area contributed by atoms with E-state index in [0.717, 1.165) is 17.4 Å². The van der Waals surface area contributed by atoms with Crippen molar-refractivity contribution in [2.45, 2.75) is 12.8 Å². The van der Waals surface area contributed by atoms with Crippen molar-refractivity contribution in [1.29, 1.82) is 0 Å². The molecule has 1 saturated heterocycles. The van der Waals surface area contributed by atoms with E-state index in [1.165, 1.54) is 0 Å². The molecule has 0 spiro atoms. The average Bonchev–Trinajstić information content (AvgIpc) is 2.81. The van der Waals surface area contributed by atoms with Gasteiger partial charge in [0.1, 0.15) is 0 Å². The van der Waals surface area contributed by atoms with Gasteiger partial charge < -0.3 is 9.80 Å². The van der Waals surface area contributed by atoms with Crippen LogP contribution in [0.3, 0.4) is 0 Å². The zero-order chi connectivity index (χ0) is 13.8. The fraction of sp³-hybridized carbons (Fsp3) is 0.429. The number of benzene rings is 1. The molecule has 1 aliphatic heterocycles. The molecule has 0 aliphatic carbocycles. The van der Waals surface area contributed by atoms with Crippen LogP contribution in [0.1, 0.15) is 23.2 Å². The Morgan fingerprint density at radius 3 is 2.63 bits per heavy atom. The molecule has 1 heterocycles. The topological polar surface area (TPSA) is 40.6 Å². The van der Waals surface area contributed by atoms with Crippen molar-refractivity contribution < 1.29 is 9.59 Å². The number of rotatable bonds is 4. The molecule has 1 aliphatic rings. The first-order chi connectivity index (χ1) is 9.08. The molecule has 0 N–H and O–H groups in total. The van der Waals surface area contributed by atoms with Crippen LogP contribution in [0.25, 0.3) is 0 Å². The standard InChI is InChI=1S/C14H17BrN2O2/c1-16(9-10-17-8-2-3-13(17)18)14(19)11-4-6-12(15)7-5-11/h4-7H,2-3,8-10H2,1H3. The van der Waals surface area contributed by atoms with Crippen LogP contribution in [0, 0.1) is 0 Å². The van der Waals surface area contributed by atoms with E-state index in [-0.39, 0.29) is 11.8 Å². The van der Waals surface area contributed by atoms with E-state index in [2.05, 4.69) is 15.9 Å². The summed E-state index contributed by atoms with van der Waals surface area (Å²) in [4.78, 5) is 27.1. The molecule has 2 amide bonds. The summed E-state index contributed by atoms with van der Waals surface area (Å²) in [5, 5.41) is 0. The number of carbonyl (C=O) groups is 2. The molecule has 0 atom stereocenters. The summed E-state index contributed by atoms with van der Waals surface area (Å²) >= 11 is 3.34. The van der Waals surface area contributed by atoms with Crippen LogP contribution >= 0.6 is 15.9 Å². The summed E-state index contributed by atoms with van der Waals surface area (Å²) in [5.41, 5.74) is 0.665. The van der Waals surface area contributed by atoms with Crippen molar-refractivity contribution in [2.24, 2.45) is 0 Å². The monoisotopic (exact) mass is 324 g/mol. The van der Waals surface area contributed by atoms with Crippen LogP contribution in [0.5, 0.6) is 0 Å². The number of carbonyl (C=O) groups excluding carboxylic acids is 2. The van der Waals surface area contributed by atoms with Gasteiger partial charge in [0.15, 0.2) is 0 Å². The Kier molecular flexibility index (Phi) is 4.58. The largest absolute Gasteiger partial charge is 0.341 e. The predicted molar refractivity (Wildman–Crippen MR) is 76.9 cm³/mol. The number of amides is 2. The third-order valence-electron chi connectivity index (χ3n) is 3.31. The quantitative estimate of drug-likeness (QED) is 0.851. The highest BCUT2D eigenvalue weighted by molar-refractivity contribution is 9.10. The third kappa shape index (κ3) is 3.56. The first-order valence-electron chi connectivity index (χ1n) is 6.37. The lowest BCUT2D eigenvalue weighted by Crippen LogP contribution is -2.36. The van der Waals surface area contributed by atoms with Crippen molar-refractivity contribution in [2.75, 3.05) is 26.7 Å². The fourth-order valence-corrected chi connectivity index (χ4v) is 2.39. The predicted octanol–water partition coefficient (Wildman–Crippen LogP) is 2.14. The van der Waals surface area contributed by atoms with Gasteiger partial charge in [0, 0.05) is 43.1 Å². The lowest BCUT2D eigenvalue weighted by molar-refractivity contribution is -0.127. The minimum atomic E-state index is -0.0147. The van der Waals surface area contributed by atoms with Crippen LogP contribution in [-0.2, 0) is 4.79 Å². The SMILES string of the molecule is CN(CCN1CCCC1=O)C(=O)c1ccc(Br)cc1. The molecule has 5 heteroatoms. The van der Waals surface area contributed by atoms with Crippen LogP contribution < -0.4 is 0 Å². The molecule has 0 saturated carbocycles. The summed E-state index contributed by atoms with van der Waals surface area (Å²) in [6.07, 6.45) is 1.58. The maximum atomic E-state index is 12.1. The Hall–Kier alpha value is -1.36. The molecule has 1 aromatic carbocycles.